The molecule has 7 nitrogen and oxygen atoms in total. The second-order valence-corrected chi connectivity index (χ2v) is 9.12. The van der Waals surface area contributed by atoms with Crippen LogP contribution in [0.3, 0.4) is 0 Å². The van der Waals surface area contributed by atoms with Crippen LogP contribution in [0.2, 0.25) is 0 Å². The Balaban J connectivity index is 1.20. The van der Waals surface area contributed by atoms with Crippen molar-refractivity contribution >= 4 is 11.9 Å². The van der Waals surface area contributed by atoms with E-state index in [1.54, 1.807) is 4.90 Å². The van der Waals surface area contributed by atoms with Crippen molar-refractivity contribution in [2.24, 2.45) is 5.41 Å². The molecule has 1 aliphatic carbocycles. The number of fused-ring (bicyclic) bond motifs is 2. The predicted octanol–water partition coefficient (Wildman–Crippen LogP) is 2.11. The minimum absolute atomic E-state index is 0.0598. The summed E-state index contributed by atoms with van der Waals surface area (Å²) >= 11 is 0. The molecule has 154 valence electrons. The highest BCUT2D eigenvalue weighted by molar-refractivity contribution is 5.90. The van der Waals surface area contributed by atoms with E-state index < -0.39 is 6.04 Å². The monoisotopic (exact) mass is 396 g/mol. The first kappa shape index (κ1) is 18.6. The summed E-state index contributed by atoms with van der Waals surface area (Å²) in [4.78, 5) is 35.6. The van der Waals surface area contributed by atoms with Crippen molar-refractivity contribution in [3.8, 4) is 0 Å². The SMILES string of the molecule is C=C1[C@H]2CC[C@@H](C(=O)NC3CC4(C3)CN(C)C4)N1C(=O)N2OCc1ccccc1. The van der Waals surface area contributed by atoms with Crippen molar-refractivity contribution in [3.05, 3.63) is 48.2 Å². The molecule has 2 bridgehead atoms. The van der Waals surface area contributed by atoms with Crippen LogP contribution < -0.4 is 5.32 Å². The largest absolute Gasteiger partial charge is 0.352 e. The highest BCUT2D eigenvalue weighted by Gasteiger charge is 2.54. The number of carbonyl (C=O) groups excluding carboxylic acids is 2. The maximum absolute atomic E-state index is 13.0. The number of nitrogens with one attached hydrogen (secondary N) is 1. The summed E-state index contributed by atoms with van der Waals surface area (Å²) in [5, 5.41) is 4.58. The van der Waals surface area contributed by atoms with Crippen LogP contribution in [0.25, 0.3) is 0 Å². The molecule has 1 aromatic carbocycles. The molecule has 1 saturated carbocycles. The van der Waals surface area contributed by atoms with Gasteiger partial charge in [-0.1, -0.05) is 36.9 Å². The molecule has 29 heavy (non-hydrogen) atoms. The highest BCUT2D eigenvalue weighted by Crippen LogP contribution is 2.48. The zero-order chi connectivity index (χ0) is 20.2. The van der Waals surface area contributed by atoms with Crippen molar-refractivity contribution < 1.29 is 14.4 Å². The molecule has 1 aromatic rings. The molecule has 4 fully saturated rings. The molecule has 3 aliphatic heterocycles. The van der Waals surface area contributed by atoms with Crippen LogP contribution in [0.1, 0.15) is 31.2 Å². The number of hydrogen-bond acceptors (Lipinski definition) is 4. The van der Waals surface area contributed by atoms with E-state index in [2.05, 4.69) is 23.8 Å². The molecule has 3 heterocycles. The quantitative estimate of drug-likeness (QED) is 0.828. The highest BCUT2D eigenvalue weighted by atomic mass is 16.7. The fourth-order valence-corrected chi connectivity index (χ4v) is 5.57. The summed E-state index contributed by atoms with van der Waals surface area (Å²) in [5.74, 6) is -0.0598. The first-order chi connectivity index (χ1) is 14.0. The maximum Gasteiger partial charge on any atom is 0.349 e. The second-order valence-electron chi connectivity index (χ2n) is 9.12. The fourth-order valence-electron chi connectivity index (χ4n) is 5.57. The lowest BCUT2D eigenvalue weighted by molar-refractivity contribution is -0.137. The van der Waals surface area contributed by atoms with Crippen molar-refractivity contribution in [1.29, 1.82) is 0 Å². The molecule has 0 unspecified atom stereocenters. The lowest BCUT2D eigenvalue weighted by Crippen LogP contribution is -2.66. The summed E-state index contributed by atoms with van der Waals surface area (Å²) < 4.78 is 0. The van der Waals surface area contributed by atoms with Gasteiger partial charge in [-0.05, 0) is 43.7 Å². The Morgan fingerprint density at radius 3 is 2.66 bits per heavy atom. The van der Waals surface area contributed by atoms with Gasteiger partial charge in [0.2, 0.25) is 5.91 Å². The Morgan fingerprint density at radius 2 is 1.97 bits per heavy atom. The summed E-state index contributed by atoms with van der Waals surface area (Å²) in [7, 11) is 2.13. The van der Waals surface area contributed by atoms with E-state index in [-0.39, 0.29) is 24.0 Å². The standard InChI is InChI=1S/C22H28N4O3/c1-15-18-8-9-19(20(27)23-17-10-22(11-17)13-24(2)14-22)25(15)21(28)26(18)29-12-16-6-4-3-5-7-16/h3-7,17-19H,1,8-14H2,2H3,(H,23,27)/t18-,19+/m1/s1. The van der Waals surface area contributed by atoms with Gasteiger partial charge in [0.05, 0.1) is 0 Å². The van der Waals surface area contributed by atoms with Crippen LogP contribution in [0.4, 0.5) is 4.79 Å². The second kappa shape index (κ2) is 6.85. The van der Waals surface area contributed by atoms with E-state index in [0.717, 1.165) is 31.5 Å². The van der Waals surface area contributed by atoms with E-state index in [1.165, 1.54) is 5.06 Å². The number of piperidine rings is 1. The third kappa shape index (κ3) is 3.13. The van der Waals surface area contributed by atoms with Gasteiger partial charge in [0.1, 0.15) is 18.7 Å². The molecule has 1 spiro atoms. The van der Waals surface area contributed by atoms with Crippen molar-refractivity contribution in [2.75, 3.05) is 20.1 Å². The Bertz CT molecular complexity index is 828. The Labute approximate surface area is 171 Å². The maximum atomic E-state index is 13.0. The number of hydrogen-bond donors (Lipinski definition) is 1. The molecule has 0 aromatic heterocycles. The van der Waals surface area contributed by atoms with Gasteiger partial charge in [-0.2, -0.15) is 5.06 Å². The number of benzene rings is 1. The van der Waals surface area contributed by atoms with Gasteiger partial charge in [0.15, 0.2) is 0 Å². The third-order valence-corrected chi connectivity index (χ3v) is 6.83. The number of likely N-dealkylation sites (tertiary alicyclic amines) is 1. The van der Waals surface area contributed by atoms with E-state index in [4.69, 9.17) is 4.84 Å². The molecular weight excluding hydrogens is 368 g/mol. The van der Waals surface area contributed by atoms with E-state index in [9.17, 15) is 9.59 Å². The molecule has 2 atom stereocenters. The first-order valence-corrected chi connectivity index (χ1v) is 10.4. The number of rotatable bonds is 5. The Kier molecular flexibility index (Phi) is 4.40. The van der Waals surface area contributed by atoms with Gasteiger partial charge in [-0.3, -0.25) is 14.5 Å². The number of hydroxylamine groups is 2. The Morgan fingerprint density at radius 1 is 1.24 bits per heavy atom. The van der Waals surface area contributed by atoms with Crippen molar-refractivity contribution in [2.45, 2.75) is 50.4 Å². The van der Waals surface area contributed by atoms with E-state index in [1.807, 2.05) is 30.3 Å². The Hall–Kier alpha value is -2.38. The normalized spacial score (nSPS) is 28.4. The third-order valence-electron chi connectivity index (χ3n) is 6.83. The zero-order valence-electron chi connectivity index (χ0n) is 16.8. The van der Waals surface area contributed by atoms with Crippen LogP contribution >= 0.6 is 0 Å². The van der Waals surface area contributed by atoms with Gasteiger partial charge in [-0.15, -0.1) is 0 Å². The molecule has 7 heteroatoms. The van der Waals surface area contributed by atoms with E-state index in [0.29, 0.717) is 30.6 Å². The molecule has 3 amide bonds. The van der Waals surface area contributed by atoms with Gasteiger partial charge >= 0.3 is 6.03 Å². The number of nitrogens with zero attached hydrogens (tertiary/aromatic N) is 3. The van der Waals surface area contributed by atoms with Gasteiger partial charge in [0, 0.05) is 24.8 Å². The zero-order valence-corrected chi connectivity index (χ0v) is 16.8. The van der Waals surface area contributed by atoms with Crippen LogP contribution in [0.5, 0.6) is 0 Å². The smallest absolute Gasteiger partial charge is 0.349 e. The lowest BCUT2D eigenvalue weighted by Gasteiger charge is -2.58. The van der Waals surface area contributed by atoms with Gasteiger partial charge < -0.3 is 10.2 Å². The average Bonchev–Trinajstić information content (AvgIpc) is 2.80. The lowest BCUT2D eigenvalue weighted by atomic mass is 9.61. The van der Waals surface area contributed by atoms with Gasteiger partial charge in [0.25, 0.3) is 0 Å². The summed E-state index contributed by atoms with van der Waals surface area (Å²) in [5.41, 5.74) is 2.08. The number of carbonyl (C=O) groups is 2. The van der Waals surface area contributed by atoms with Crippen molar-refractivity contribution in [1.82, 2.24) is 20.2 Å². The summed E-state index contributed by atoms with van der Waals surface area (Å²) in [6, 6.07) is 9.03. The van der Waals surface area contributed by atoms with E-state index >= 15 is 0 Å². The van der Waals surface area contributed by atoms with Crippen LogP contribution in [-0.4, -0.2) is 65.1 Å². The minimum Gasteiger partial charge on any atom is -0.352 e. The molecule has 5 rings (SSSR count). The fraction of sp³-hybridized carbons (Fsp3) is 0.545. The molecule has 1 N–H and O–H groups in total. The van der Waals surface area contributed by atoms with Gasteiger partial charge in [-0.25, -0.2) is 4.79 Å². The van der Waals surface area contributed by atoms with Crippen molar-refractivity contribution in [3.63, 3.8) is 0 Å². The van der Waals surface area contributed by atoms with Crippen LogP contribution in [-0.2, 0) is 16.2 Å². The average molecular weight is 396 g/mol. The number of urea groups is 1. The molecule has 4 aliphatic rings. The minimum atomic E-state index is -0.489. The van der Waals surface area contributed by atoms with Crippen LogP contribution in [0, 0.1) is 5.41 Å². The summed E-state index contributed by atoms with van der Waals surface area (Å²) in [6.45, 7) is 6.66. The topological polar surface area (TPSA) is 65.1 Å². The number of amides is 3. The van der Waals surface area contributed by atoms with Crippen LogP contribution in [0.15, 0.2) is 42.6 Å². The molecule has 0 radical (unpaired) electrons. The first-order valence-electron chi connectivity index (χ1n) is 10.4. The molecule has 3 saturated heterocycles. The predicted molar refractivity (Wildman–Crippen MR) is 107 cm³/mol. The molecular formula is C22H28N4O3. The summed E-state index contributed by atoms with van der Waals surface area (Å²) in [6.07, 6.45) is 3.40.